The summed E-state index contributed by atoms with van der Waals surface area (Å²) in [6, 6.07) is 9.88. The van der Waals surface area contributed by atoms with Gasteiger partial charge in [-0.25, -0.2) is 23.6 Å². The van der Waals surface area contributed by atoms with E-state index in [1.165, 1.54) is 12.1 Å². The molecule has 5 rings (SSSR count). The summed E-state index contributed by atoms with van der Waals surface area (Å²) in [5.41, 5.74) is 2.60. The van der Waals surface area contributed by atoms with Gasteiger partial charge in [0, 0.05) is 37.1 Å². The van der Waals surface area contributed by atoms with Crippen LogP contribution in [0.15, 0.2) is 48.8 Å². The minimum absolute atomic E-state index is 0.271. The van der Waals surface area contributed by atoms with Crippen molar-refractivity contribution in [3.05, 3.63) is 77.4 Å². The highest BCUT2D eigenvalue weighted by Crippen LogP contribution is 2.38. The quantitative estimate of drug-likeness (QED) is 0.405. The second-order valence-corrected chi connectivity index (χ2v) is 9.17. The largest absolute Gasteiger partial charge is 0.391 e. The number of fused-ring (bicyclic) bond motifs is 1. The standard InChI is InChI=1S/C27H26F2N6O/c1-30-19-6-4-17(5-7-19)25-24(18-14-22(28)21(16-36)23(29)15-18)26-31-10-13-35(26)27(32-25)34-11-8-20(9-12-34)33(2)3/h4-7,10,13-15,20,36H,8-9,11-12,16H2,2-3H3. The molecule has 7 nitrogen and oxygen atoms in total. The van der Waals surface area contributed by atoms with Crippen molar-refractivity contribution in [2.24, 2.45) is 0 Å². The van der Waals surface area contributed by atoms with E-state index in [1.54, 1.807) is 36.7 Å². The Bertz CT molecular complexity index is 1430. The lowest BCUT2D eigenvalue weighted by molar-refractivity contribution is 0.249. The topological polar surface area (TPSA) is 61.3 Å². The van der Waals surface area contributed by atoms with E-state index >= 15 is 0 Å². The summed E-state index contributed by atoms with van der Waals surface area (Å²) in [5.74, 6) is -0.955. The van der Waals surface area contributed by atoms with Gasteiger partial charge in [-0.05, 0) is 50.2 Å². The number of piperidine rings is 1. The molecule has 0 bridgehead atoms. The third-order valence-electron chi connectivity index (χ3n) is 6.86. The van der Waals surface area contributed by atoms with Gasteiger partial charge in [-0.1, -0.05) is 24.3 Å². The van der Waals surface area contributed by atoms with Crippen LogP contribution in [0.1, 0.15) is 18.4 Å². The van der Waals surface area contributed by atoms with Crippen LogP contribution in [0.5, 0.6) is 0 Å². The number of anilines is 1. The monoisotopic (exact) mass is 488 g/mol. The number of aromatic nitrogens is 3. The lowest BCUT2D eigenvalue weighted by atomic mass is 9.98. The predicted octanol–water partition coefficient (Wildman–Crippen LogP) is 4.91. The number of nitrogens with zero attached hydrogens (tertiary/aromatic N) is 6. The highest BCUT2D eigenvalue weighted by Gasteiger charge is 2.26. The molecule has 1 aliphatic heterocycles. The zero-order valence-electron chi connectivity index (χ0n) is 20.1. The Labute approximate surface area is 208 Å². The molecule has 0 amide bonds. The van der Waals surface area contributed by atoms with E-state index < -0.39 is 18.2 Å². The van der Waals surface area contributed by atoms with Gasteiger partial charge < -0.3 is 14.9 Å². The molecule has 4 aromatic rings. The first kappa shape index (κ1) is 23.9. The maximum atomic E-state index is 14.7. The molecule has 0 saturated carbocycles. The fraction of sp³-hybridized carbons (Fsp3) is 0.296. The second kappa shape index (κ2) is 9.64. The van der Waals surface area contributed by atoms with Gasteiger partial charge in [0.1, 0.15) is 17.3 Å². The number of rotatable bonds is 5. The van der Waals surface area contributed by atoms with Crippen LogP contribution in [0, 0.1) is 18.2 Å². The molecule has 36 heavy (non-hydrogen) atoms. The van der Waals surface area contributed by atoms with Gasteiger partial charge in [-0.15, -0.1) is 0 Å². The predicted molar refractivity (Wildman–Crippen MR) is 135 cm³/mol. The van der Waals surface area contributed by atoms with Crippen LogP contribution >= 0.6 is 0 Å². The maximum absolute atomic E-state index is 14.7. The van der Waals surface area contributed by atoms with Crippen molar-refractivity contribution in [3.8, 4) is 22.4 Å². The molecule has 0 atom stereocenters. The SMILES string of the molecule is [C-]#[N+]c1ccc(-c2nc(N3CCC(N(C)C)CC3)n3ccnc3c2-c2cc(F)c(CO)c(F)c2)cc1. The first-order valence-electron chi connectivity index (χ1n) is 11.8. The van der Waals surface area contributed by atoms with E-state index in [1.807, 2.05) is 4.40 Å². The average Bonchev–Trinajstić information content (AvgIpc) is 3.37. The molecule has 0 aliphatic carbocycles. The number of hydrogen-bond acceptors (Lipinski definition) is 5. The van der Waals surface area contributed by atoms with E-state index in [9.17, 15) is 13.9 Å². The zero-order valence-corrected chi connectivity index (χ0v) is 20.1. The molecule has 1 N–H and O–H groups in total. The highest BCUT2D eigenvalue weighted by atomic mass is 19.1. The first-order chi connectivity index (χ1) is 17.4. The van der Waals surface area contributed by atoms with Crippen LogP contribution in [-0.2, 0) is 6.61 Å². The van der Waals surface area contributed by atoms with E-state index in [2.05, 4.69) is 33.7 Å². The van der Waals surface area contributed by atoms with E-state index in [4.69, 9.17) is 11.6 Å². The van der Waals surface area contributed by atoms with Crippen molar-refractivity contribution in [2.75, 3.05) is 32.1 Å². The number of benzene rings is 2. The number of imidazole rings is 1. The zero-order chi connectivity index (χ0) is 25.4. The Kier molecular flexibility index (Phi) is 6.39. The number of halogens is 2. The summed E-state index contributed by atoms with van der Waals surface area (Å²) < 4.78 is 31.3. The molecule has 1 saturated heterocycles. The van der Waals surface area contributed by atoms with Crippen molar-refractivity contribution in [1.29, 1.82) is 0 Å². The summed E-state index contributed by atoms with van der Waals surface area (Å²) in [7, 11) is 4.18. The molecular weight excluding hydrogens is 462 g/mol. The van der Waals surface area contributed by atoms with Crippen molar-refractivity contribution < 1.29 is 13.9 Å². The molecular formula is C27H26F2N6O. The van der Waals surface area contributed by atoms with Crippen molar-refractivity contribution >= 4 is 17.3 Å². The summed E-state index contributed by atoms with van der Waals surface area (Å²) in [6.07, 6.45) is 5.43. The number of hydrogen-bond donors (Lipinski definition) is 1. The molecule has 3 heterocycles. The number of aliphatic hydroxyl groups excluding tert-OH is 1. The van der Waals surface area contributed by atoms with Gasteiger partial charge in [0.2, 0.25) is 5.95 Å². The molecule has 1 fully saturated rings. The van der Waals surface area contributed by atoms with Gasteiger partial charge in [0.25, 0.3) is 0 Å². The Hall–Kier alpha value is -3.87. The second-order valence-electron chi connectivity index (χ2n) is 9.17. The van der Waals surface area contributed by atoms with Gasteiger partial charge in [-0.2, -0.15) is 0 Å². The Balaban J connectivity index is 1.72. The lowest BCUT2D eigenvalue weighted by Crippen LogP contribution is -2.43. The molecule has 0 unspecified atom stereocenters. The molecule has 184 valence electrons. The fourth-order valence-corrected chi connectivity index (χ4v) is 4.84. The maximum Gasteiger partial charge on any atom is 0.211 e. The lowest BCUT2D eigenvalue weighted by Gasteiger charge is -2.36. The van der Waals surface area contributed by atoms with Gasteiger partial charge in [-0.3, -0.25) is 4.40 Å². The van der Waals surface area contributed by atoms with Crippen molar-refractivity contribution in [3.63, 3.8) is 0 Å². The summed E-state index contributed by atoms with van der Waals surface area (Å²) in [5, 5.41) is 9.37. The summed E-state index contributed by atoms with van der Waals surface area (Å²) >= 11 is 0. The van der Waals surface area contributed by atoms with E-state index in [-0.39, 0.29) is 11.1 Å². The van der Waals surface area contributed by atoms with Gasteiger partial charge in [0.05, 0.1) is 24.4 Å². The normalized spacial score (nSPS) is 14.5. The Morgan fingerprint density at radius 2 is 1.75 bits per heavy atom. The molecule has 2 aromatic heterocycles. The van der Waals surface area contributed by atoms with Crippen LogP contribution in [-0.4, -0.2) is 57.6 Å². The van der Waals surface area contributed by atoms with Crippen LogP contribution in [0.25, 0.3) is 32.9 Å². The van der Waals surface area contributed by atoms with E-state index in [0.717, 1.165) is 25.9 Å². The Morgan fingerprint density at radius 3 is 2.33 bits per heavy atom. The van der Waals surface area contributed by atoms with Gasteiger partial charge >= 0.3 is 0 Å². The highest BCUT2D eigenvalue weighted by molar-refractivity contribution is 5.91. The fourth-order valence-electron chi connectivity index (χ4n) is 4.84. The summed E-state index contributed by atoms with van der Waals surface area (Å²) in [4.78, 5) is 17.5. The molecule has 0 radical (unpaired) electrons. The Morgan fingerprint density at radius 1 is 1.08 bits per heavy atom. The minimum Gasteiger partial charge on any atom is -0.391 e. The molecule has 2 aromatic carbocycles. The smallest absolute Gasteiger partial charge is 0.211 e. The number of aliphatic hydroxyl groups is 1. The van der Waals surface area contributed by atoms with Crippen LogP contribution < -0.4 is 4.90 Å². The van der Waals surface area contributed by atoms with Crippen LogP contribution in [0.3, 0.4) is 0 Å². The molecule has 0 spiro atoms. The summed E-state index contributed by atoms with van der Waals surface area (Å²) in [6.45, 7) is 8.16. The molecule has 1 aliphatic rings. The first-order valence-corrected chi connectivity index (χ1v) is 11.8. The van der Waals surface area contributed by atoms with Gasteiger partial charge in [0.15, 0.2) is 5.69 Å². The molecule has 9 heteroatoms. The van der Waals surface area contributed by atoms with E-state index in [0.29, 0.717) is 40.1 Å². The third-order valence-corrected chi connectivity index (χ3v) is 6.86. The third kappa shape index (κ3) is 4.19. The van der Waals surface area contributed by atoms with Crippen molar-refractivity contribution in [2.45, 2.75) is 25.5 Å². The minimum atomic E-state index is -0.832. The average molecular weight is 489 g/mol. The van der Waals surface area contributed by atoms with Crippen LogP contribution in [0.2, 0.25) is 0 Å². The van der Waals surface area contributed by atoms with Crippen molar-refractivity contribution in [1.82, 2.24) is 19.3 Å². The van der Waals surface area contributed by atoms with Crippen LogP contribution in [0.4, 0.5) is 20.4 Å².